The van der Waals surface area contributed by atoms with Crippen molar-refractivity contribution >= 4 is 17.4 Å². The Hall–Kier alpha value is -3.77. The molecular formula is C23H22F2N6O. The summed E-state index contributed by atoms with van der Waals surface area (Å²) in [6, 6.07) is 12.6. The van der Waals surface area contributed by atoms with Gasteiger partial charge in [-0.15, -0.1) is 0 Å². The molecular weight excluding hydrogens is 414 g/mol. The summed E-state index contributed by atoms with van der Waals surface area (Å²) >= 11 is 0. The summed E-state index contributed by atoms with van der Waals surface area (Å²) in [5.74, 6) is -0.979. The Kier molecular flexibility index (Phi) is 5.40. The molecule has 9 heteroatoms. The average molecular weight is 436 g/mol. The number of nitriles is 1. The van der Waals surface area contributed by atoms with Crippen LogP contribution in [0.25, 0.3) is 11.3 Å². The average Bonchev–Trinajstić information content (AvgIpc) is 3.15. The maximum absolute atomic E-state index is 14.0. The van der Waals surface area contributed by atoms with Crippen molar-refractivity contribution in [2.45, 2.75) is 25.9 Å². The van der Waals surface area contributed by atoms with E-state index in [0.717, 1.165) is 12.1 Å². The zero-order valence-electron chi connectivity index (χ0n) is 17.7. The Labute approximate surface area is 184 Å². The van der Waals surface area contributed by atoms with Gasteiger partial charge in [0.25, 0.3) is 0 Å². The predicted octanol–water partition coefficient (Wildman–Crippen LogP) is 3.48. The van der Waals surface area contributed by atoms with Gasteiger partial charge in [-0.3, -0.25) is 4.79 Å². The molecule has 1 aliphatic heterocycles. The van der Waals surface area contributed by atoms with Crippen LogP contribution >= 0.6 is 0 Å². The lowest BCUT2D eigenvalue weighted by Gasteiger charge is -2.42. The normalized spacial score (nSPS) is 14.6. The van der Waals surface area contributed by atoms with Gasteiger partial charge in [-0.25, -0.2) is 13.8 Å². The highest BCUT2D eigenvalue weighted by atomic mass is 19.2. The van der Waals surface area contributed by atoms with Crippen molar-refractivity contribution < 1.29 is 13.6 Å². The summed E-state index contributed by atoms with van der Waals surface area (Å²) in [5.41, 5.74) is 6.74. The summed E-state index contributed by atoms with van der Waals surface area (Å²) < 4.78 is 29.5. The third-order valence-electron chi connectivity index (χ3n) is 5.66. The number of halogens is 2. The van der Waals surface area contributed by atoms with Crippen LogP contribution in [0, 0.1) is 23.0 Å². The molecule has 2 heterocycles. The number of carbonyl (C=O) groups excluding carboxylic acids is 1. The van der Waals surface area contributed by atoms with E-state index in [1.165, 1.54) is 6.07 Å². The molecule has 3 aromatic rings. The second-order valence-electron chi connectivity index (χ2n) is 8.04. The van der Waals surface area contributed by atoms with E-state index in [0.29, 0.717) is 47.2 Å². The number of nitrogens with zero attached hydrogens (tertiary/aromatic N) is 4. The predicted molar refractivity (Wildman–Crippen MR) is 116 cm³/mol. The molecule has 0 saturated heterocycles. The fourth-order valence-corrected chi connectivity index (χ4v) is 4.06. The Balaban J connectivity index is 1.89. The lowest BCUT2D eigenvalue weighted by atomic mass is 9.99. The van der Waals surface area contributed by atoms with Crippen LogP contribution in [0.4, 0.5) is 20.3 Å². The standard InChI is InChI=1S/C23H22F2N6O/c1-23(2)22-29-20(15-6-7-17(24)18(25)11-15)21(28-16-5-3-4-14(10-16)12-26)30(22)8-9-31(23)19(32)13-27/h3-7,10-11,28H,8-9,13,27H2,1-2H3. The minimum Gasteiger partial charge on any atom is -0.340 e. The number of nitrogens with one attached hydrogen (secondary N) is 1. The van der Waals surface area contributed by atoms with E-state index in [1.807, 2.05) is 18.4 Å². The summed E-state index contributed by atoms with van der Waals surface area (Å²) in [6.45, 7) is 4.46. The Bertz CT molecular complexity index is 1240. The van der Waals surface area contributed by atoms with Crippen molar-refractivity contribution in [1.82, 2.24) is 14.5 Å². The largest absolute Gasteiger partial charge is 0.340 e. The Morgan fingerprint density at radius 1 is 1.22 bits per heavy atom. The third kappa shape index (κ3) is 3.59. The first kappa shape index (κ1) is 21.5. The van der Waals surface area contributed by atoms with Crippen LogP contribution in [0.15, 0.2) is 42.5 Å². The minimum atomic E-state index is -0.981. The molecule has 2 aromatic carbocycles. The number of nitrogens with two attached hydrogens (primary N) is 1. The van der Waals surface area contributed by atoms with Crippen molar-refractivity contribution in [2.24, 2.45) is 5.73 Å². The number of hydrogen-bond acceptors (Lipinski definition) is 5. The van der Waals surface area contributed by atoms with E-state index >= 15 is 0 Å². The zero-order valence-corrected chi connectivity index (χ0v) is 17.7. The summed E-state index contributed by atoms with van der Waals surface area (Å²) in [4.78, 5) is 18.9. The van der Waals surface area contributed by atoms with E-state index in [1.54, 1.807) is 29.2 Å². The van der Waals surface area contributed by atoms with Gasteiger partial charge in [0.1, 0.15) is 17.3 Å². The second kappa shape index (κ2) is 8.05. The lowest BCUT2D eigenvalue weighted by Crippen LogP contribution is -2.53. The van der Waals surface area contributed by atoms with Crippen LogP contribution in [-0.2, 0) is 16.9 Å². The molecule has 0 unspecified atom stereocenters. The number of hydrogen-bond donors (Lipinski definition) is 2. The van der Waals surface area contributed by atoms with Crippen LogP contribution in [-0.4, -0.2) is 33.4 Å². The molecule has 1 amide bonds. The van der Waals surface area contributed by atoms with Crippen LogP contribution < -0.4 is 11.1 Å². The molecule has 0 bridgehead atoms. The van der Waals surface area contributed by atoms with Gasteiger partial charge in [-0.05, 0) is 50.2 Å². The molecule has 32 heavy (non-hydrogen) atoms. The van der Waals surface area contributed by atoms with E-state index in [4.69, 9.17) is 10.7 Å². The number of aromatic nitrogens is 2. The van der Waals surface area contributed by atoms with Gasteiger partial charge >= 0.3 is 0 Å². The van der Waals surface area contributed by atoms with Crippen LogP contribution in [0.1, 0.15) is 25.2 Å². The molecule has 0 saturated carbocycles. The fraction of sp³-hybridized carbons (Fsp3) is 0.261. The van der Waals surface area contributed by atoms with Gasteiger partial charge in [0.05, 0.1) is 23.7 Å². The van der Waals surface area contributed by atoms with Gasteiger partial charge in [-0.1, -0.05) is 6.07 Å². The first-order chi connectivity index (χ1) is 15.3. The first-order valence-corrected chi connectivity index (χ1v) is 10.1. The van der Waals surface area contributed by atoms with E-state index in [9.17, 15) is 18.8 Å². The Morgan fingerprint density at radius 2 is 2.00 bits per heavy atom. The number of amides is 1. The first-order valence-electron chi connectivity index (χ1n) is 10.1. The van der Waals surface area contributed by atoms with E-state index in [2.05, 4.69) is 11.4 Å². The highest BCUT2D eigenvalue weighted by molar-refractivity contribution is 5.80. The highest BCUT2D eigenvalue weighted by Gasteiger charge is 2.41. The maximum Gasteiger partial charge on any atom is 0.237 e. The molecule has 4 rings (SSSR count). The van der Waals surface area contributed by atoms with E-state index < -0.39 is 17.2 Å². The number of benzene rings is 2. The molecule has 0 spiro atoms. The van der Waals surface area contributed by atoms with Gasteiger partial charge < -0.3 is 20.5 Å². The number of carbonyl (C=O) groups is 1. The molecule has 164 valence electrons. The van der Waals surface area contributed by atoms with Crippen molar-refractivity contribution in [3.63, 3.8) is 0 Å². The quantitative estimate of drug-likeness (QED) is 0.652. The number of imidazole rings is 1. The number of rotatable bonds is 4. The zero-order chi connectivity index (χ0) is 23.0. The molecule has 0 aliphatic carbocycles. The highest BCUT2D eigenvalue weighted by Crippen LogP contribution is 2.39. The summed E-state index contributed by atoms with van der Waals surface area (Å²) in [5, 5.41) is 12.5. The maximum atomic E-state index is 14.0. The van der Waals surface area contributed by atoms with Crippen molar-refractivity contribution in [1.29, 1.82) is 5.26 Å². The molecule has 0 fully saturated rings. The summed E-state index contributed by atoms with van der Waals surface area (Å²) in [7, 11) is 0. The molecule has 1 aliphatic rings. The number of fused-ring (bicyclic) bond motifs is 1. The smallest absolute Gasteiger partial charge is 0.237 e. The topological polar surface area (TPSA) is 100.0 Å². The molecule has 3 N–H and O–H groups in total. The molecule has 0 radical (unpaired) electrons. The lowest BCUT2D eigenvalue weighted by molar-refractivity contribution is -0.137. The molecule has 1 aromatic heterocycles. The second-order valence-corrected chi connectivity index (χ2v) is 8.04. The van der Waals surface area contributed by atoms with Crippen molar-refractivity contribution in [3.05, 3.63) is 65.5 Å². The summed E-state index contributed by atoms with van der Waals surface area (Å²) in [6.07, 6.45) is 0. The monoisotopic (exact) mass is 436 g/mol. The van der Waals surface area contributed by atoms with Gasteiger partial charge in [-0.2, -0.15) is 5.26 Å². The van der Waals surface area contributed by atoms with E-state index in [-0.39, 0.29) is 12.5 Å². The van der Waals surface area contributed by atoms with Crippen molar-refractivity contribution in [2.75, 3.05) is 18.4 Å². The SMILES string of the molecule is CC1(C)c2nc(-c3ccc(F)c(F)c3)c(Nc3cccc(C#N)c3)n2CCN1C(=O)CN. The van der Waals surface area contributed by atoms with Gasteiger partial charge in [0.15, 0.2) is 11.6 Å². The third-order valence-corrected chi connectivity index (χ3v) is 5.66. The van der Waals surface area contributed by atoms with Crippen LogP contribution in [0.5, 0.6) is 0 Å². The fourth-order valence-electron chi connectivity index (χ4n) is 4.06. The minimum absolute atomic E-state index is 0.119. The Morgan fingerprint density at radius 3 is 2.69 bits per heavy atom. The van der Waals surface area contributed by atoms with Gasteiger partial charge in [0.2, 0.25) is 5.91 Å². The van der Waals surface area contributed by atoms with Crippen LogP contribution in [0.2, 0.25) is 0 Å². The molecule has 0 atom stereocenters. The number of anilines is 2. The van der Waals surface area contributed by atoms with Crippen molar-refractivity contribution in [3.8, 4) is 17.3 Å². The van der Waals surface area contributed by atoms with Gasteiger partial charge in [0, 0.05) is 24.3 Å². The molecule has 7 nitrogen and oxygen atoms in total. The van der Waals surface area contributed by atoms with Crippen LogP contribution in [0.3, 0.4) is 0 Å².